The predicted octanol–water partition coefficient (Wildman–Crippen LogP) is 4.09. The van der Waals surface area contributed by atoms with Crippen LogP contribution < -0.4 is 15.5 Å². The average Bonchev–Trinajstić information content (AvgIpc) is 3.49. The molecule has 2 N–H and O–H groups in total. The minimum Gasteiger partial charge on any atom is -0.375 e. The number of nitrogens with one attached hydrogen (secondary N) is 2. The van der Waals surface area contributed by atoms with Crippen LogP contribution in [0.25, 0.3) is 0 Å². The molecule has 2 atom stereocenters. The molecular formula is C27H26N6O2S. The van der Waals surface area contributed by atoms with Gasteiger partial charge in [0, 0.05) is 42.8 Å². The van der Waals surface area contributed by atoms with Gasteiger partial charge in [0.2, 0.25) is 5.91 Å². The van der Waals surface area contributed by atoms with Crippen LogP contribution in [0.15, 0.2) is 91.4 Å². The van der Waals surface area contributed by atoms with Crippen LogP contribution in [0, 0.1) is 0 Å². The van der Waals surface area contributed by atoms with Crippen molar-refractivity contribution in [3.8, 4) is 0 Å². The van der Waals surface area contributed by atoms with Crippen molar-refractivity contribution in [2.24, 2.45) is 0 Å². The van der Waals surface area contributed by atoms with E-state index in [1.165, 1.54) is 7.11 Å². The summed E-state index contributed by atoms with van der Waals surface area (Å²) in [6, 6.07) is 23.3. The molecule has 0 radical (unpaired) electrons. The van der Waals surface area contributed by atoms with Crippen LogP contribution in [0.4, 0.5) is 11.4 Å². The van der Waals surface area contributed by atoms with Crippen molar-refractivity contribution in [3.05, 3.63) is 108 Å². The minimum atomic E-state index is -0.205. The summed E-state index contributed by atoms with van der Waals surface area (Å²) in [4.78, 5) is 23.2. The number of thiocarbonyl (C=S) groups is 1. The van der Waals surface area contributed by atoms with E-state index in [1.54, 1.807) is 12.4 Å². The number of hydrogen-bond donors (Lipinski definition) is 2. The fourth-order valence-electron chi connectivity index (χ4n) is 4.47. The summed E-state index contributed by atoms with van der Waals surface area (Å²) in [5, 5.41) is 6.93. The van der Waals surface area contributed by atoms with Gasteiger partial charge in [-0.3, -0.25) is 14.8 Å². The van der Waals surface area contributed by atoms with Gasteiger partial charge in [0.1, 0.15) is 12.6 Å². The topological polar surface area (TPSA) is 84.3 Å². The Morgan fingerprint density at radius 2 is 1.81 bits per heavy atom. The molecular weight excluding hydrogens is 472 g/mol. The number of hydrogen-bond acceptors (Lipinski definition) is 5. The first kappa shape index (κ1) is 23.7. The van der Waals surface area contributed by atoms with E-state index < -0.39 is 0 Å². The van der Waals surface area contributed by atoms with Crippen molar-refractivity contribution in [1.82, 2.24) is 19.9 Å². The van der Waals surface area contributed by atoms with Crippen molar-refractivity contribution >= 4 is 34.6 Å². The number of nitrogens with zero attached hydrogens (tertiary/aromatic N) is 4. The Morgan fingerprint density at radius 1 is 1.03 bits per heavy atom. The molecule has 0 unspecified atom stereocenters. The normalized spacial score (nSPS) is 17.1. The lowest BCUT2D eigenvalue weighted by Gasteiger charge is -2.29. The third-order valence-corrected chi connectivity index (χ3v) is 6.34. The molecule has 1 aliphatic heterocycles. The summed E-state index contributed by atoms with van der Waals surface area (Å²) >= 11 is 5.84. The Morgan fingerprint density at radius 3 is 2.50 bits per heavy atom. The number of carbonyl (C=O) groups is 1. The molecule has 1 aliphatic rings. The molecule has 0 spiro atoms. The Bertz CT molecular complexity index is 1330. The second-order valence-corrected chi connectivity index (χ2v) is 8.79. The number of pyridine rings is 2. The van der Waals surface area contributed by atoms with E-state index in [1.807, 2.05) is 66.7 Å². The molecule has 9 heteroatoms. The number of benzene rings is 1. The molecule has 4 heterocycles. The molecule has 1 saturated heterocycles. The molecule has 3 aromatic heterocycles. The van der Waals surface area contributed by atoms with Gasteiger partial charge in [-0.15, -0.1) is 0 Å². The summed E-state index contributed by atoms with van der Waals surface area (Å²) in [7, 11) is 1.49. The zero-order valence-corrected chi connectivity index (χ0v) is 20.6. The minimum absolute atomic E-state index is 0.00295. The first-order chi connectivity index (χ1) is 17.6. The van der Waals surface area contributed by atoms with Crippen LogP contribution in [0.3, 0.4) is 0 Å². The van der Waals surface area contributed by atoms with E-state index in [0.717, 1.165) is 22.8 Å². The first-order valence-electron chi connectivity index (χ1n) is 11.6. The van der Waals surface area contributed by atoms with Gasteiger partial charge in [-0.2, -0.15) is 0 Å². The number of methoxy groups -OCH3 is 1. The van der Waals surface area contributed by atoms with Crippen molar-refractivity contribution in [1.29, 1.82) is 0 Å². The van der Waals surface area contributed by atoms with E-state index >= 15 is 0 Å². The molecule has 5 rings (SSSR count). The van der Waals surface area contributed by atoms with Crippen molar-refractivity contribution in [2.45, 2.75) is 18.6 Å². The lowest BCUT2D eigenvalue weighted by atomic mass is 10.0. The smallest absolute Gasteiger partial charge is 0.250 e. The Hall–Kier alpha value is -4.08. The van der Waals surface area contributed by atoms with Crippen LogP contribution in [0.1, 0.15) is 29.2 Å². The molecule has 0 aliphatic carbocycles. The summed E-state index contributed by atoms with van der Waals surface area (Å²) < 4.78 is 7.10. The second-order valence-electron chi connectivity index (χ2n) is 8.41. The SMILES string of the molecule is COCC(=O)Nc1ccc(N2C(=S)N[C@@H](c3ccccn3)[C@H]2c2cccn2Cc2ccccn2)cc1. The van der Waals surface area contributed by atoms with Crippen molar-refractivity contribution in [2.75, 3.05) is 23.9 Å². The zero-order valence-electron chi connectivity index (χ0n) is 19.7. The van der Waals surface area contributed by atoms with Crippen LogP contribution in [-0.4, -0.2) is 39.3 Å². The van der Waals surface area contributed by atoms with Gasteiger partial charge in [-0.25, -0.2) is 0 Å². The molecule has 0 saturated carbocycles. The highest BCUT2D eigenvalue weighted by molar-refractivity contribution is 7.80. The molecule has 1 fully saturated rings. The van der Waals surface area contributed by atoms with Crippen LogP contribution >= 0.6 is 12.2 Å². The fraction of sp³-hybridized carbons (Fsp3) is 0.185. The highest BCUT2D eigenvalue weighted by atomic mass is 32.1. The quantitative estimate of drug-likeness (QED) is 0.354. The summed E-state index contributed by atoms with van der Waals surface area (Å²) in [6.07, 6.45) is 5.67. The zero-order chi connectivity index (χ0) is 24.9. The van der Waals surface area contributed by atoms with Gasteiger partial charge in [0.25, 0.3) is 0 Å². The Labute approximate surface area is 215 Å². The summed E-state index contributed by atoms with van der Waals surface area (Å²) in [5.74, 6) is -0.205. The molecule has 8 nitrogen and oxygen atoms in total. The van der Waals surface area contributed by atoms with Gasteiger partial charge in [-0.1, -0.05) is 12.1 Å². The molecule has 0 bridgehead atoms. The van der Waals surface area contributed by atoms with Crippen molar-refractivity contribution < 1.29 is 9.53 Å². The van der Waals surface area contributed by atoms with Gasteiger partial charge in [0.05, 0.1) is 24.0 Å². The first-order valence-corrected chi connectivity index (χ1v) is 12.0. The van der Waals surface area contributed by atoms with E-state index in [-0.39, 0.29) is 24.6 Å². The van der Waals surface area contributed by atoms with E-state index in [0.29, 0.717) is 17.3 Å². The predicted molar refractivity (Wildman–Crippen MR) is 143 cm³/mol. The number of aromatic nitrogens is 3. The standard InChI is InChI=1S/C27H26N6O2S/c1-35-18-24(34)30-19-10-12-21(13-11-19)33-26(25(31-27(33)36)22-8-3-5-15-29-22)23-9-6-16-32(23)17-20-7-2-4-14-28-20/h2-16,25-26H,17-18H2,1H3,(H,30,34)(H,31,36)/t25-,26+/m0/s1. The Balaban J connectivity index is 1.51. The number of ether oxygens (including phenoxy) is 1. The van der Waals surface area contributed by atoms with Crippen LogP contribution in [-0.2, 0) is 16.1 Å². The lowest BCUT2D eigenvalue weighted by Crippen LogP contribution is -2.30. The van der Waals surface area contributed by atoms with Gasteiger partial charge >= 0.3 is 0 Å². The van der Waals surface area contributed by atoms with Crippen LogP contribution in [0.2, 0.25) is 0 Å². The third-order valence-electron chi connectivity index (χ3n) is 6.03. The van der Waals surface area contributed by atoms with Gasteiger partial charge in [-0.05, 0) is 72.9 Å². The monoisotopic (exact) mass is 498 g/mol. The highest BCUT2D eigenvalue weighted by Crippen LogP contribution is 2.41. The van der Waals surface area contributed by atoms with E-state index in [9.17, 15) is 4.79 Å². The van der Waals surface area contributed by atoms with Gasteiger partial charge in [0.15, 0.2) is 5.11 Å². The maximum absolute atomic E-state index is 11.9. The van der Waals surface area contributed by atoms with Crippen molar-refractivity contribution in [3.63, 3.8) is 0 Å². The largest absolute Gasteiger partial charge is 0.375 e. The Kier molecular flexibility index (Phi) is 7.01. The highest BCUT2D eigenvalue weighted by Gasteiger charge is 2.42. The summed E-state index contributed by atoms with van der Waals surface area (Å²) in [6.45, 7) is 0.642. The maximum Gasteiger partial charge on any atom is 0.250 e. The molecule has 36 heavy (non-hydrogen) atoms. The third kappa shape index (κ3) is 4.98. The molecule has 182 valence electrons. The molecule has 1 aromatic carbocycles. The average molecular weight is 499 g/mol. The fourth-order valence-corrected chi connectivity index (χ4v) is 4.82. The summed E-state index contributed by atoms with van der Waals surface area (Å²) in [5.41, 5.74) is 4.56. The molecule has 1 amide bonds. The maximum atomic E-state index is 11.9. The number of rotatable bonds is 8. The van der Waals surface area contributed by atoms with Gasteiger partial charge < -0.3 is 24.8 Å². The van der Waals surface area contributed by atoms with E-state index in [2.05, 4.69) is 42.3 Å². The number of anilines is 2. The van der Waals surface area contributed by atoms with E-state index in [4.69, 9.17) is 17.0 Å². The van der Waals surface area contributed by atoms with Crippen LogP contribution in [0.5, 0.6) is 0 Å². The second kappa shape index (κ2) is 10.7. The number of carbonyl (C=O) groups excluding carboxylic acids is 1. The molecule has 4 aromatic rings. The number of amides is 1. The lowest BCUT2D eigenvalue weighted by molar-refractivity contribution is -0.119.